The van der Waals surface area contributed by atoms with Crippen molar-refractivity contribution in [1.82, 2.24) is 4.90 Å². The fourth-order valence-corrected chi connectivity index (χ4v) is 4.80. The number of rotatable bonds is 5. The molecule has 1 fully saturated rings. The molecule has 4 rings (SSSR count). The van der Waals surface area contributed by atoms with Gasteiger partial charge in [0.1, 0.15) is 0 Å². The fourth-order valence-electron chi connectivity index (χ4n) is 3.55. The van der Waals surface area contributed by atoms with Gasteiger partial charge in [-0.15, -0.1) is 11.3 Å². The summed E-state index contributed by atoms with van der Waals surface area (Å²) in [6.45, 7) is 2.45. The Morgan fingerprint density at radius 3 is 2.36 bits per heavy atom. The van der Waals surface area contributed by atoms with E-state index in [2.05, 4.69) is 10.2 Å². The predicted molar refractivity (Wildman–Crippen MR) is 130 cm³/mol. The van der Waals surface area contributed by atoms with Crippen LogP contribution in [-0.4, -0.2) is 47.8 Å². The molecule has 1 N–H and O–H groups in total. The van der Waals surface area contributed by atoms with Crippen LogP contribution in [0.2, 0.25) is 10.0 Å². The molecule has 2 heterocycles. The number of carbonyl (C=O) groups excluding carboxylic acids is 2. The lowest BCUT2D eigenvalue weighted by Crippen LogP contribution is -2.48. The number of halogens is 2. The van der Waals surface area contributed by atoms with Crippen molar-refractivity contribution >= 4 is 63.4 Å². The first-order valence-corrected chi connectivity index (χ1v) is 11.6. The first-order valence-electron chi connectivity index (χ1n) is 9.96. The van der Waals surface area contributed by atoms with E-state index in [0.29, 0.717) is 36.9 Å². The molecule has 1 saturated heterocycles. The van der Waals surface area contributed by atoms with E-state index in [1.807, 2.05) is 28.5 Å². The van der Waals surface area contributed by atoms with Gasteiger partial charge in [-0.05, 0) is 35.7 Å². The number of carbonyl (C=O) groups is 2. The second-order valence-electron chi connectivity index (χ2n) is 7.30. The van der Waals surface area contributed by atoms with Gasteiger partial charge in [0.25, 0.3) is 17.5 Å². The smallest absolute Gasteiger partial charge is 0.270 e. The summed E-state index contributed by atoms with van der Waals surface area (Å²) in [6.07, 6.45) is 0. The molecule has 0 bridgehead atoms. The summed E-state index contributed by atoms with van der Waals surface area (Å²) in [5, 5.41) is 15.9. The summed E-state index contributed by atoms with van der Waals surface area (Å²) in [5.41, 5.74) is 1.20. The second kappa shape index (κ2) is 9.78. The summed E-state index contributed by atoms with van der Waals surface area (Å²) in [5.74, 6) is -0.460. The minimum Gasteiger partial charge on any atom is -0.367 e. The standard InChI is InChI=1S/C22H18Cl2N4O4S/c23-17-13-15(28(31)32)4-5-16(17)21(29)25-14-3-6-19(18(24)12-14)26-7-9-27(10-8-26)22(30)20-2-1-11-33-20/h1-6,11-13H,7-10H2,(H,25,29). The van der Waals surface area contributed by atoms with E-state index in [0.717, 1.165) is 16.6 Å². The third-order valence-electron chi connectivity index (χ3n) is 5.25. The van der Waals surface area contributed by atoms with Gasteiger partial charge in [0.05, 0.1) is 31.1 Å². The zero-order valence-corrected chi connectivity index (χ0v) is 19.5. The number of nitro groups is 1. The van der Waals surface area contributed by atoms with Crippen molar-refractivity contribution in [3.63, 3.8) is 0 Å². The molecule has 0 atom stereocenters. The monoisotopic (exact) mass is 504 g/mol. The molecule has 0 aliphatic carbocycles. The topological polar surface area (TPSA) is 95.8 Å². The average Bonchev–Trinajstić information content (AvgIpc) is 3.33. The zero-order chi connectivity index (χ0) is 23.5. The molecular formula is C22H18Cl2N4O4S. The van der Waals surface area contributed by atoms with Gasteiger partial charge in [0, 0.05) is 44.0 Å². The molecule has 2 amide bonds. The quantitative estimate of drug-likeness (QED) is 0.381. The van der Waals surface area contributed by atoms with Crippen LogP contribution in [0.3, 0.4) is 0 Å². The Kier molecular flexibility index (Phi) is 6.83. The Bertz CT molecular complexity index is 1210. The molecule has 1 aliphatic heterocycles. The summed E-state index contributed by atoms with van der Waals surface area (Å²) >= 11 is 14.0. The molecule has 0 saturated carbocycles. The number of benzene rings is 2. The molecule has 1 aliphatic rings. The number of amides is 2. The highest BCUT2D eigenvalue weighted by Crippen LogP contribution is 2.31. The number of piperazine rings is 1. The van der Waals surface area contributed by atoms with Crippen molar-refractivity contribution in [2.75, 3.05) is 36.4 Å². The fraction of sp³-hybridized carbons (Fsp3) is 0.182. The van der Waals surface area contributed by atoms with Crippen molar-refractivity contribution < 1.29 is 14.5 Å². The van der Waals surface area contributed by atoms with E-state index in [1.165, 1.54) is 23.5 Å². The Morgan fingerprint density at radius 1 is 1.00 bits per heavy atom. The zero-order valence-electron chi connectivity index (χ0n) is 17.2. The molecule has 0 unspecified atom stereocenters. The summed E-state index contributed by atoms with van der Waals surface area (Å²) in [6, 6.07) is 12.5. The lowest BCUT2D eigenvalue weighted by Gasteiger charge is -2.36. The lowest BCUT2D eigenvalue weighted by molar-refractivity contribution is -0.384. The molecule has 11 heteroatoms. The van der Waals surface area contributed by atoms with Crippen LogP contribution in [0.1, 0.15) is 20.0 Å². The minimum absolute atomic E-state index is 0.0145. The number of non-ortho nitro benzene ring substituents is 1. The number of nitrogens with zero attached hydrogens (tertiary/aromatic N) is 3. The first kappa shape index (κ1) is 23.0. The number of nitro benzene ring substituents is 1. The molecular weight excluding hydrogens is 487 g/mol. The predicted octanol–water partition coefficient (Wildman–Crippen LogP) is 5.18. The normalized spacial score (nSPS) is 13.6. The van der Waals surface area contributed by atoms with Crippen LogP contribution < -0.4 is 10.2 Å². The van der Waals surface area contributed by atoms with Crippen molar-refractivity contribution in [2.45, 2.75) is 0 Å². The maximum Gasteiger partial charge on any atom is 0.270 e. The van der Waals surface area contributed by atoms with Crippen molar-refractivity contribution in [3.8, 4) is 0 Å². The van der Waals surface area contributed by atoms with Gasteiger partial charge in [0.2, 0.25) is 0 Å². The molecule has 2 aromatic carbocycles. The summed E-state index contributed by atoms with van der Waals surface area (Å²) in [4.78, 5) is 40.0. The van der Waals surface area contributed by atoms with Crippen LogP contribution in [0.4, 0.5) is 17.1 Å². The number of thiophene rings is 1. The molecule has 3 aromatic rings. The third kappa shape index (κ3) is 5.11. The van der Waals surface area contributed by atoms with Crippen LogP contribution in [0.15, 0.2) is 53.9 Å². The second-order valence-corrected chi connectivity index (χ2v) is 9.06. The van der Waals surface area contributed by atoms with Gasteiger partial charge in [-0.2, -0.15) is 0 Å². The molecule has 0 radical (unpaired) electrons. The number of hydrogen-bond donors (Lipinski definition) is 1. The van der Waals surface area contributed by atoms with Crippen molar-refractivity contribution in [2.24, 2.45) is 0 Å². The highest BCUT2D eigenvalue weighted by atomic mass is 35.5. The highest BCUT2D eigenvalue weighted by molar-refractivity contribution is 7.12. The summed E-state index contributed by atoms with van der Waals surface area (Å²) in [7, 11) is 0. The molecule has 170 valence electrons. The minimum atomic E-state index is -0.579. The Balaban J connectivity index is 1.40. The van der Waals surface area contributed by atoms with Gasteiger partial charge in [0.15, 0.2) is 0 Å². The molecule has 33 heavy (non-hydrogen) atoms. The van der Waals surface area contributed by atoms with Crippen LogP contribution in [0.5, 0.6) is 0 Å². The molecule has 0 spiro atoms. The number of anilines is 2. The lowest BCUT2D eigenvalue weighted by atomic mass is 10.1. The van der Waals surface area contributed by atoms with Gasteiger partial charge in [-0.1, -0.05) is 29.3 Å². The third-order valence-corrected chi connectivity index (χ3v) is 6.73. The van der Waals surface area contributed by atoms with Gasteiger partial charge in [-0.25, -0.2) is 0 Å². The first-order chi connectivity index (χ1) is 15.8. The Hall–Kier alpha value is -3.14. The summed E-state index contributed by atoms with van der Waals surface area (Å²) < 4.78 is 0. The van der Waals surface area contributed by atoms with Crippen LogP contribution in [-0.2, 0) is 0 Å². The van der Waals surface area contributed by atoms with Crippen LogP contribution in [0.25, 0.3) is 0 Å². The van der Waals surface area contributed by atoms with Gasteiger partial charge >= 0.3 is 0 Å². The number of nitrogens with one attached hydrogen (secondary N) is 1. The van der Waals surface area contributed by atoms with E-state index in [9.17, 15) is 19.7 Å². The van der Waals surface area contributed by atoms with Gasteiger partial charge in [-0.3, -0.25) is 19.7 Å². The van der Waals surface area contributed by atoms with E-state index in [4.69, 9.17) is 23.2 Å². The average molecular weight is 505 g/mol. The van der Waals surface area contributed by atoms with E-state index in [-0.39, 0.29) is 22.2 Å². The highest BCUT2D eigenvalue weighted by Gasteiger charge is 2.24. The van der Waals surface area contributed by atoms with E-state index in [1.54, 1.807) is 12.1 Å². The molecule has 8 nitrogen and oxygen atoms in total. The Morgan fingerprint density at radius 2 is 1.76 bits per heavy atom. The Labute approximate surface area is 203 Å². The van der Waals surface area contributed by atoms with E-state index < -0.39 is 10.8 Å². The maximum atomic E-state index is 12.6. The molecule has 1 aromatic heterocycles. The van der Waals surface area contributed by atoms with E-state index >= 15 is 0 Å². The van der Waals surface area contributed by atoms with Crippen LogP contribution >= 0.6 is 34.5 Å². The number of hydrogen-bond acceptors (Lipinski definition) is 6. The maximum absolute atomic E-state index is 12.6. The largest absolute Gasteiger partial charge is 0.367 e. The van der Waals surface area contributed by atoms with Gasteiger partial charge < -0.3 is 15.1 Å². The van der Waals surface area contributed by atoms with Crippen molar-refractivity contribution in [3.05, 3.63) is 84.5 Å². The van der Waals surface area contributed by atoms with Crippen LogP contribution in [0, 0.1) is 10.1 Å². The SMILES string of the molecule is O=C(Nc1ccc(N2CCN(C(=O)c3cccs3)CC2)c(Cl)c1)c1ccc([N+](=O)[O-])cc1Cl. The van der Waals surface area contributed by atoms with Crippen molar-refractivity contribution in [1.29, 1.82) is 0 Å².